The minimum atomic E-state index is -4.33. The predicted octanol–water partition coefficient (Wildman–Crippen LogP) is 3.02. The molecule has 3 nitrogen and oxygen atoms in total. The Kier molecular flexibility index (Phi) is 4.61. The smallest absolute Gasteiger partial charge is 0.370 e. The number of halogens is 4. The van der Waals surface area contributed by atoms with Crippen molar-refractivity contribution in [1.82, 2.24) is 0 Å². The van der Waals surface area contributed by atoms with Gasteiger partial charge in [0, 0.05) is 24.1 Å². The Balaban J connectivity index is 2.24. The van der Waals surface area contributed by atoms with Crippen LogP contribution in [0.2, 0.25) is 0 Å². The zero-order chi connectivity index (χ0) is 14.9. The second kappa shape index (κ2) is 5.91. The van der Waals surface area contributed by atoms with Crippen molar-refractivity contribution in [2.24, 2.45) is 5.73 Å². The van der Waals surface area contributed by atoms with Crippen LogP contribution < -0.4 is 10.6 Å². The fourth-order valence-corrected chi connectivity index (χ4v) is 2.94. The largest absolute Gasteiger partial charge is 0.416 e. The van der Waals surface area contributed by atoms with Crippen LogP contribution in [-0.2, 0) is 10.9 Å². The van der Waals surface area contributed by atoms with Crippen molar-refractivity contribution in [3.8, 4) is 0 Å². The minimum Gasteiger partial charge on any atom is -0.370 e. The second-order valence-electron chi connectivity index (χ2n) is 4.87. The summed E-state index contributed by atoms with van der Waals surface area (Å²) in [5, 5.41) is 0. The predicted molar refractivity (Wildman–Crippen MR) is 74.7 cm³/mol. The van der Waals surface area contributed by atoms with Crippen LogP contribution >= 0.6 is 15.9 Å². The highest BCUT2D eigenvalue weighted by Gasteiger charge is 2.32. The summed E-state index contributed by atoms with van der Waals surface area (Å²) in [6.07, 6.45) is -4.45. The normalized spacial score (nSPS) is 24.0. The number of anilines is 1. The number of hydrogen-bond acceptors (Lipinski definition) is 3. The van der Waals surface area contributed by atoms with Gasteiger partial charge in [0.2, 0.25) is 0 Å². The van der Waals surface area contributed by atoms with E-state index in [9.17, 15) is 13.2 Å². The third-order valence-corrected chi connectivity index (χ3v) is 3.84. The van der Waals surface area contributed by atoms with Gasteiger partial charge in [-0.3, -0.25) is 0 Å². The van der Waals surface area contributed by atoms with Crippen molar-refractivity contribution >= 4 is 21.6 Å². The van der Waals surface area contributed by atoms with E-state index in [1.165, 1.54) is 6.07 Å². The van der Waals surface area contributed by atoms with E-state index in [0.29, 0.717) is 24.1 Å². The molecule has 7 heteroatoms. The van der Waals surface area contributed by atoms with Gasteiger partial charge in [0.1, 0.15) is 0 Å². The van der Waals surface area contributed by atoms with E-state index in [4.69, 9.17) is 10.5 Å². The van der Waals surface area contributed by atoms with Gasteiger partial charge in [-0.1, -0.05) is 0 Å². The number of morpholine rings is 1. The monoisotopic (exact) mass is 352 g/mol. The Hall–Kier alpha value is -0.790. The molecular weight excluding hydrogens is 337 g/mol. The summed E-state index contributed by atoms with van der Waals surface area (Å²) >= 11 is 3.22. The summed E-state index contributed by atoms with van der Waals surface area (Å²) in [5.74, 6) is 0. The number of hydrogen-bond donors (Lipinski definition) is 1. The van der Waals surface area contributed by atoms with Crippen molar-refractivity contribution in [2.75, 3.05) is 24.5 Å². The summed E-state index contributed by atoms with van der Waals surface area (Å²) in [4.78, 5) is 2.00. The van der Waals surface area contributed by atoms with Gasteiger partial charge in [-0.05, 0) is 41.1 Å². The van der Waals surface area contributed by atoms with Gasteiger partial charge in [0.25, 0.3) is 0 Å². The SMILES string of the molecule is CC1CN(c2ccc(C(F)(F)F)cc2Br)CC(CN)O1. The molecule has 2 atom stereocenters. The van der Waals surface area contributed by atoms with Gasteiger partial charge >= 0.3 is 6.18 Å². The molecule has 0 amide bonds. The lowest BCUT2D eigenvalue weighted by molar-refractivity contribution is -0.137. The third-order valence-electron chi connectivity index (χ3n) is 3.20. The van der Waals surface area contributed by atoms with Crippen molar-refractivity contribution in [3.05, 3.63) is 28.2 Å². The molecule has 1 saturated heterocycles. The fourth-order valence-electron chi connectivity index (χ4n) is 2.31. The van der Waals surface area contributed by atoms with Gasteiger partial charge in [0.05, 0.1) is 23.5 Å². The van der Waals surface area contributed by atoms with E-state index in [1.54, 1.807) is 0 Å². The van der Waals surface area contributed by atoms with Gasteiger partial charge < -0.3 is 15.4 Å². The lowest BCUT2D eigenvalue weighted by Gasteiger charge is -2.38. The fraction of sp³-hybridized carbons (Fsp3) is 0.538. The average molecular weight is 353 g/mol. The highest BCUT2D eigenvalue weighted by atomic mass is 79.9. The van der Waals surface area contributed by atoms with Crippen molar-refractivity contribution in [1.29, 1.82) is 0 Å². The molecule has 0 aromatic heterocycles. The first-order valence-electron chi connectivity index (χ1n) is 6.28. The maximum absolute atomic E-state index is 12.6. The quantitative estimate of drug-likeness (QED) is 0.888. The van der Waals surface area contributed by atoms with Gasteiger partial charge in [0.15, 0.2) is 0 Å². The van der Waals surface area contributed by atoms with E-state index in [2.05, 4.69) is 15.9 Å². The second-order valence-corrected chi connectivity index (χ2v) is 5.73. The number of benzene rings is 1. The zero-order valence-electron chi connectivity index (χ0n) is 11.0. The lowest BCUT2D eigenvalue weighted by atomic mass is 10.1. The van der Waals surface area contributed by atoms with Gasteiger partial charge in [-0.25, -0.2) is 0 Å². The molecule has 2 unspecified atom stereocenters. The average Bonchev–Trinajstić information content (AvgIpc) is 2.36. The minimum absolute atomic E-state index is 0.00788. The first-order chi connectivity index (χ1) is 9.31. The summed E-state index contributed by atoms with van der Waals surface area (Å²) in [7, 11) is 0. The molecule has 1 heterocycles. The Morgan fingerprint density at radius 3 is 2.65 bits per heavy atom. The zero-order valence-corrected chi connectivity index (χ0v) is 12.5. The Labute approximate surface area is 124 Å². The Bertz CT molecular complexity index is 481. The van der Waals surface area contributed by atoms with E-state index >= 15 is 0 Å². The molecule has 1 fully saturated rings. The van der Waals surface area contributed by atoms with Gasteiger partial charge in [-0.15, -0.1) is 0 Å². The van der Waals surface area contributed by atoms with Crippen LogP contribution in [0.15, 0.2) is 22.7 Å². The topological polar surface area (TPSA) is 38.5 Å². The van der Waals surface area contributed by atoms with E-state index in [1.807, 2.05) is 11.8 Å². The first-order valence-corrected chi connectivity index (χ1v) is 7.07. The van der Waals surface area contributed by atoms with E-state index in [0.717, 1.165) is 17.8 Å². The van der Waals surface area contributed by atoms with Crippen molar-refractivity contribution in [3.63, 3.8) is 0 Å². The van der Waals surface area contributed by atoms with Crippen LogP contribution in [0.4, 0.5) is 18.9 Å². The van der Waals surface area contributed by atoms with Crippen LogP contribution in [-0.4, -0.2) is 31.8 Å². The molecule has 20 heavy (non-hydrogen) atoms. The number of nitrogens with zero attached hydrogens (tertiary/aromatic N) is 1. The molecule has 0 aliphatic carbocycles. The maximum atomic E-state index is 12.6. The molecule has 0 bridgehead atoms. The van der Waals surface area contributed by atoms with Crippen LogP contribution in [0.5, 0.6) is 0 Å². The number of rotatable bonds is 2. The molecule has 0 radical (unpaired) electrons. The van der Waals surface area contributed by atoms with Crippen molar-refractivity contribution < 1.29 is 17.9 Å². The van der Waals surface area contributed by atoms with Crippen LogP contribution in [0, 0.1) is 0 Å². The highest BCUT2D eigenvalue weighted by molar-refractivity contribution is 9.10. The van der Waals surface area contributed by atoms with Crippen LogP contribution in [0.1, 0.15) is 12.5 Å². The molecule has 1 aliphatic rings. The summed E-state index contributed by atoms with van der Waals surface area (Å²) in [5.41, 5.74) is 5.68. The molecule has 1 aromatic rings. The molecule has 1 aromatic carbocycles. The number of nitrogens with two attached hydrogens (primary N) is 1. The molecule has 0 spiro atoms. The summed E-state index contributed by atoms with van der Waals surface area (Å²) in [6.45, 7) is 3.51. The number of alkyl halides is 3. The first kappa shape index (κ1) is 15.6. The number of ether oxygens (including phenoxy) is 1. The Morgan fingerprint density at radius 1 is 1.40 bits per heavy atom. The third kappa shape index (κ3) is 3.45. The highest BCUT2D eigenvalue weighted by Crippen LogP contribution is 2.36. The van der Waals surface area contributed by atoms with Crippen LogP contribution in [0.3, 0.4) is 0 Å². The molecule has 1 aliphatic heterocycles. The lowest BCUT2D eigenvalue weighted by Crippen LogP contribution is -2.49. The molecule has 112 valence electrons. The van der Waals surface area contributed by atoms with E-state index < -0.39 is 11.7 Å². The van der Waals surface area contributed by atoms with E-state index in [-0.39, 0.29) is 12.2 Å². The summed E-state index contributed by atoms with van der Waals surface area (Å²) < 4.78 is 44.0. The molecule has 0 saturated carbocycles. The Morgan fingerprint density at radius 2 is 2.10 bits per heavy atom. The molecule has 2 rings (SSSR count). The standard InChI is InChI=1S/C13H16BrF3N2O/c1-8-6-19(7-10(5-18)20-8)12-3-2-9(4-11(12)14)13(15,16)17/h2-4,8,10H,5-7,18H2,1H3. The molecule has 2 N–H and O–H groups in total. The van der Waals surface area contributed by atoms with Gasteiger partial charge in [-0.2, -0.15) is 13.2 Å². The van der Waals surface area contributed by atoms with Crippen molar-refractivity contribution in [2.45, 2.75) is 25.3 Å². The molecular formula is C13H16BrF3N2O. The van der Waals surface area contributed by atoms with Crippen LogP contribution in [0.25, 0.3) is 0 Å². The maximum Gasteiger partial charge on any atom is 0.416 e. The summed E-state index contributed by atoms with van der Waals surface area (Å²) in [6, 6.07) is 3.68.